The molecule has 0 aromatic heterocycles. The van der Waals surface area contributed by atoms with Gasteiger partial charge in [0.1, 0.15) is 0 Å². The summed E-state index contributed by atoms with van der Waals surface area (Å²) < 4.78 is 0. The van der Waals surface area contributed by atoms with E-state index < -0.39 is 0 Å². The Kier molecular flexibility index (Phi) is 2.69. The molecule has 4 heteroatoms. The lowest BCUT2D eigenvalue weighted by Gasteiger charge is -2.23. The lowest BCUT2D eigenvalue weighted by Crippen LogP contribution is -2.38. The van der Waals surface area contributed by atoms with E-state index in [9.17, 15) is 0 Å². The van der Waals surface area contributed by atoms with Gasteiger partial charge in [-0.3, -0.25) is 4.90 Å². The zero-order chi connectivity index (χ0) is 9.26. The lowest BCUT2D eigenvalue weighted by atomic mass is 10.2. The summed E-state index contributed by atoms with van der Waals surface area (Å²) in [5, 5.41) is 0.571. The van der Waals surface area contributed by atoms with Gasteiger partial charge in [-0.15, -0.1) is 0 Å². The van der Waals surface area contributed by atoms with E-state index >= 15 is 0 Å². The molecular formula is C9H17N3S. The third-order valence-corrected chi connectivity index (χ3v) is 3.39. The molecule has 2 fully saturated rings. The van der Waals surface area contributed by atoms with Crippen LogP contribution in [0.3, 0.4) is 0 Å². The van der Waals surface area contributed by atoms with Crippen LogP contribution in [0.1, 0.15) is 19.3 Å². The van der Waals surface area contributed by atoms with E-state index in [1.54, 1.807) is 0 Å². The van der Waals surface area contributed by atoms with Crippen molar-refractivity contribution >= 4 is 17.3 Å². The fraction of sp³-hybridized carbons (Fsp3) is 0.889. The highest BCUT2D eigenvalue weighted by atomic mass is 32.1. The second-order valence-corrected chi connectivity index (χ2v) is 4.39. The second kappa shape index (κ2) is 3.80. The van der Waals surface area contributed by atoms with Gasteiger partial charge < -0.3 is 10.6 Å². The first kappa shape index (κ1) is 9.21. The van der Waals surface area contributed by atoms with Crippen molar-refractivity contribution in [1.82, 2.24) is 9.80 Å². The summed E-state index contributed by atoms with van der Waals surface area (Å²) >= 11 is 4.97. The van der Waals surface area contributed by atoms with Crippen LogP contribution in [-0.2, 0) is 0 Å². The second-order valence-electron chi connectivity index (χ2n) is 3.97. The zero-order valence-electron chi connectivity index (χ0n) is 7.91. The van der Waals surface area contributed by atoms with E-state index in [0.29, 0.717) is 11.2 Å². The summed E-state index contributed by atoms with van der Waals surface area (Å²) in [6.45, 7) is 4.65. The van der Waals surface area contributed by atoms with Gasteiger partial charge in [0.05, 0.1) is 0 Å². The highest BCUT2D eigenvalue weighted by Crippen LogP contribution is 2.19. The van der Waals surface area contributed by atoms with Gasteiger partial charge in [-0.05, 0) is 44.6 Å². The van der Waals surface area contributed by atoms with Crippen LogP contribution in [0.2, 0.25) is 0 Å². The van der Waals surface area contributed by atoms with Crippen molar-refractivity contribution in [2.24, 2.45) is 5.73 Å². The van der Waals surface area contributed by atoms with Crippen LogP contribution in [0.4, 0.5) is 0 Å². The monoisotopic (exact) mass is 199 g/mol. The summed E-state index contributed by atoms with van der Waals surface area (Å²) in [5.41, 5.74) is 5.60. The summed E-state index contributed by atoms with van der Waals surface area (Å²) in [7, 11) is 0. The Morgan fingerprint density at radius 3 is 2.46 bits per heavy atom. The Bertz CT molecular complexity index is 201. The fourth-order valence-electron chi connectivity index (χ4n) is 2.35. The smallest absolute Gasteiger partial charge is 0.166 e. The molecule has 2 heterocycles. The standard InChI is InChI=1S/C9H17N3S/c10-9(13)12-6-3-8(7-12)11-4-1-2-5-11/h8H,1-7H2,(H2,10,13). The van der Waals surface area contributed by atoms with Gasteiger partial charge in [0.15, 0.2) is 5.11 Å². The maximum atomic E-state index is 5.60. The maximum Gasteiger partial charge on any atom is 0.166 e. The van der Waals surface area contributed by atoms with Crippen LogP contribution in [0.25, 0.3) is 0 Å². The normalized spacial score (nSPS) is 29.8. The van der Waals surface area contributed by atoms with Crippen molar-refractivity contribution < 1.29 is 0 Å². The maximum absolute atomic E-state index is 5.60. The molecule has 0 radical (unpaired) electrons. The van der Waals surface area contributed by atoms with E-state index in [4.69, 9.17) is 18.0 Å². The summed E-state index contributed by atoms with van der Waals surface area (Å²) in [4.78, 5) is 4.70. The largest absolute Gasteiger partial charge is 0.376 e. The third-order valence-electron chi connectivity index (χ3n) is 3.13. The zero-order valence-corrected chi connectivity index (χ0v) is 8.72. The van der Waals surface area contributed by atoms with Crippen molar-refractivity contribution in [2.75, 3.05) is 26.2 Å². The Morgan fingerprint density at radius 2 is 1.92 bits per heavy atom. The van der Waals surface area contributed by atoms with E-state index in [-0.39, 0.29) is 0 Å². The predicted molar refractivity (Wildman–Crippen MR) is 57.6 cm³/mol. The quantitative estimate of drug-likeness (QED) is 0.620. The van der Waals surface area contributed by atoms with Gasteiger partial charge in [-0.2, -0.15) is 0 Å². The molecule has 1 atom stereocenters. The summed E-state index contributed by atoms with van der Waals surface area (Å²) in [6, 6.07) is 0.712. The van der Waals surface area contributed by atoms with Crippen LogP contribution >= 0.6 is 12.2 Å². The third kappa shape index (κ3) is 1.94. The molecule has 2 saturated heterocycles. The minimum atomic E-state index is 0.571. The van der Waals surface area contributed by atoms with Gasteiger partial charge in [0.2, 0.25) is 0 Å². The molecule has 0 saturated carbocycles. The predicted octanol–water partition coefficient (Wildman–Crippen LogP) is 0.400. The van der Waals surface area contributed by atoms with E-state index in [1.165, 1.54) is 32.4 Å². The molecule has 0 aromatic rings. The molecule has 2 aliphatic rings. The number of thiocarbonyl (C=S) groups is 1. The summed E-state index contributed by atoms with van der Waals surface area (Å²) in [5.74, 6) is 0. The molecule has 0 aromatic carbocycles. The molecule has 0 spiro atoms. The van der Waals surface area contributed by atoms with Crippen molar-refractivity contribution in [3.8, 4) is 0 Å². The number of nitrogens with zero attached hydrogens (tertiary/aromatic N) is 2. The Labute approximate surface area is 84.9 Å². The van der Waals surface area contributed by atoms with Gasteiger partial charge >= 0.3 is 0 Å². The molecule has 74 valence electrons. The van der Waals surface area contributed by atoms with E-state index in [1.807, 2.05) is 0 Å². The SMILES string of the molecule is NC(=S)N1CCC(N2CCCC2)C1. The Hall–Kier alpha value is -0.350. The first-order valence-electron chi connectivity index (χ1n) is 5.06. The van der Waals surface area contributed by atoms with Crippen LogP contribution in [-0.4, -0.2) is 47.1 Å². The molecule has 2 rings (SSSR count). The van der Waals surface area contributed by atoms with Crippen molar-refractivity contribution in [1.29, 1.82) is 0 Å². The van der Waals surface area contributed by atoms with Gasteiger partial charge in [-0.25, -0.2) is 0 Å². The minimum absolute atomic E-state index is 0.571. The van der Waals surface area contributed by atoms with Crippen LogP contribution in [0.5, 0.6) is 0 Å². The average Bonchev–Trinajstić information content (AvgIpc) is 2.75. The number of likely N-dealkylation sites (tertiary alicyclic amines) is 2. The van der Waals surface area contributed by atoms with Crippen molar-refractivity contribution in [3.05, 3.63) is 0 Å². The molecule has 0 amide bonds. The molecule has 3 nitrogen and oxygen atoms in total. The van der Waals surface area contributed by atoms with Crippen molar-refractivity contribution in [3.63, 3.8) is 0 Å². The molecular weight excluding hydrogens is 182 g/mol. The molecule has 1 unspecified atom stereocenters. The van der Waals surface area contributed by atoms with Crippen molar-refractivity contribution in [2.45, 2.75) is 25.3 Å². The topological polar surface area (TPSA) is 32.5 Å². The first-order valence-corrected chi connectivity index (χ1v) is 5.46. The van der Waals surface area contributed by atoms with E-state index in [2.05, 4.69) is 9.80 Å². The highest BCUT2D eigenvalue weighted by molar-refractivity contribution is 7.80. The molecule has 2 N–H and O–H groups in total. The first-order chi connectivity index (χ1) is 6.27. The van der Waals surface area contributed by atoms with E-state index in [0.717, 1.165) is 13.1 Å². The van der Waals surface area contributed by atoms with Gasteiger partial charge in [-0.1, -0.05) is 0 Å². The number of nitrogens with two attached hydrogens (primary N) is 1. The highest BCUT2D eigenvalue weighted by Gasteiger charge is 2.29. The lowest BCUT2D eigenvalue weighted by molar-refractivity contribution is 0.250. The Morgan fingerprint density at radius 1 is 1.23 bits per heavy atom. The fourth-order valence-corrected chi connectivity index (χ4v) is 2.51. The minimum Gasteiger partial charge on any atom is -0.376 e. The number of rotatable bonds is 1. The van der Waals surface area contributed by atoms with Crippen LogP contribution in [0.15, 0.2) is 0 Å². The average molecular weight is 199 g/mol. The molecule has 2 aliphatic heterocycles. The number of hydrogen-bond acceptors (Lipinski definition) is 2. The molecule has 0 aliphatic carbocycles. The molecule has 13 heavy (non-hydrogen) atoms. The molecule has 0 bridgehead atoms. The Balaban J connectivity index is 1.86. The van der Waals surface area contributed by atoms with Gasteiger partial charge in [0, 0.05) is 19.1 Å². The van der Waals surface area contributed by atoms with Gasteiger partial charge in [0.25, 0.3) is 0 Å². The van der Waals surface area contributed by atoms with Crippen LogP contribution < -0.4 is 5.73 Å². The summed E-state index contributed by atoms with van der Waals surface area (Å²) in [6.07, 6.45) is 3.96. The number of hydrogen-bond donors (Lipinski definition) is 1. The van der Waals surface area contributed by atoms with Crippen LogP contribution in [0, 0.1) is 0 Å².